The number of aromatic nitrogens is 2. The van der Waals surface area contributed by atoms with Crippen molar-refractivity contribution in [3.8, 4) is 11.3 Å². The Morgan fingerprint density at radius 1 is 1.03 bits per heavy atom. The number of halogens is 3. The van der Waals surface area contributed by atoms with E-state index in [0.717, 1.165) is 5.56 Å². The molecular weight excluding hydrogens is 464 g/mol. The lowest BCUT2D eigenvalue weighted by Gasteiger charge is -2.17. The van der Waals surface area contributed by atoms with Gasteiger partial charge in [-0.25, -0.2) is 13.8 Å². The Hall–Kier alpha value is -3.16. The number of carbonyl (C=O) groups is 1. The molecule has 1 amide bonds. The van der Waals surface area contributed by atoms with Crippen molar-refractivity contribution in [3.05, 3.63) is 106 Å². The average molecular weight is 484 g/mol. The molecule has 0 atom stereocenters. The Morgan fingerprint density at radius 2 is 1.76 bits per heavy atom. The SMILES string of the molecule is CN(Cc1ccccc1)C(=O)c1[nH]c(SCc2c(F)cccc2Cl)nc1-c1ccc(F)cc1. The molecule has 8 heteroatoms. The van der Waals surface area contributed by atoms with Crippen LogP contribution in [0.1, 0.15) is 21.6 Å². The summed E-state index contributed by atoms with van der Waals surface area (Å²) in [6.45, 7) is 0.412. The number of amides is 1. The molecule has 0 aliphatic rings. The lowest BCUT2D eigenvalue weighted by Crippen LogP contribution is -2.27. The highest BCUT2D eigenvalue weighted by molar-refractivity contribution is 7.98. The van der Waals surface area contributed by atoms with E-state index in [0.29, 0.717) is 33.5 Å². The van der Waals surface area contributed by atoms with Gasteiger partial charge in [-0.05, 0) is 42.0 Å². The van der Waals surface area contributed by atoms with Crippen LogP contribution in [0.4, 0.5) is 8.78 Å². The van der Waals surface area contributed by atoms with Gasteiger partial charge < -0.3 is 9.88 Å². The third kappa shape index (κ3) is 5.43. The Bertz CT molecular complexity index is 1240. The molecule has 0 spiro atoms. The number of carbonyl (C=O) groups excluding carboxylic acids is 1. The molecule has 4 rings (SSSR count). The minimum absolute atomic E-state index is 0.232. The fraction of sp³-hybridized carbons (Fsp3) is 0.120. The van der Waals surface area contributed by atoms with E-state index in [1.54, 1.807) is 36.2 Å². The Balaban J connectivity index is 1.63. The largest absolute Gasteiger partial charge is 0.336 e. The summed E-state index contributed by atoms with van der Waals surface area (Å²) in [5, 5.41) is 0.761. The topological polar surface area (TPSA) is 49.0 Å². The van der Waals surface area contributed by atoms with Gasteiger partial charge in [0.15, 0.2) is 5.16 Å². The van der Waals surface area contributed by atoms with Crippen LogP contribution in [0.25, 0.3) is 11.3 Å². The first kappa shape index (κ1) is 23.0. The average Bonchev–Trinajstić information content (AvgIpc) is 3.23. The molecule has 0 unspecified atom stereocenters. The molecule has 0 aliphatic carbocycles. The molecule has 168 valence electrons. The van der Waals surface area contributed by atoms with Gasteiger partial charge in [0.1, 0.15) is 23.0 Å². The van der Waals surface area contributed by atoms with Crippen LogP contribution in [0.3, 0.4) is 0 Å². The van der Waals surface area contributed by atoms with Gasteiger partial charge in [0.2, 0.25) is 0 Å². The monoisotopic (exact) mass is 483 g/mol. The number of aromatic amines is 1. The van der Waals surface area contributed by atoms with Crippen molar-refractivity contribution >= 4 is 29.3 Å². The number of nitrogens with one attached hydrogen (secondary N) is 1. The maximum Gasteiger partial charge on any atom is 0.272 e. The molecule has 4 aromatic rings. The normalized spacial score (nSPS) is 10.9. The first-order valence-electron chi connectivity index (χ1n) is 10.1. The van der Waals surface area contributed by atoms with Crippen LogP contribution in [-0.4, -0.2) is 27.8 Å². The predicted molar refractivity (Wildman–Crippen MR) is 127 cm³/mol. The molecule has 1 heterocycles. The lowest BCUT2D eigenvalue weighted by molar-refractivity contribution is 0.0780. The lowest BCUT2D eigenvalue weighted by atomic mass is 10.1. The second-order valence-corrected chi connectivity index (χ2v) is 8.78. The van der Waals surface area contributed by atoms with Crippen LogP contribution in [0.5, 0.6) is 0 Å². The summed E-state index contributed by atoms with van der Waals surface area (Å²) in [6.07, 6.45) is 0. The molecular formula is C25H20ClF2N3OS. The molecule has 0 aliphatic heterocycles. The van der Waals surface area contributed by atoms with Crippen molar-refractivity contribution in [1.29, 1.82) is 0 Å². The highest BCUT2D eigenvalue weighted by atomic mass is 35.5. The summed E-state index contributed by atoms with van der Waals surface area (Å²) in [4.78, 5) is 22.5. The van der Waals surface area contributed by atoms with E-state index in [2.05, 4.69) is 9.97 Å². The predicted octanol–water partition coefficient (Wildman–Crippen LogP) is 6.57. The van der Waals surface area contributed by atoms with Gasteiger partial charge in [-0.1, -0.05) is 59.8 Å². The van der Waals surface area contributed by atoms with E-state index >= 15 is 0 Å². The highest BCUT2D eigenvalue weighted by Crippen LogP contribution is 2.31. The van der Waals surface area contributed by atoms with Crippen LogP contribution < -0.4 is 0 Å². The van der Waals surface area contributed by atoms with Crippen molar-refractivity contribution in [2.75, 3.05) is 7.05 Å². The molecule has 0 bridgehead atoms. The van der Waals surface area contributed by atoms with Gasteiger partial charge in [0, 0.05) is 35.5 Å². The van der Waals surface area contributed by atoms with E-state index in [1.165, 1.54) is 30.0 Å². The van der Waals surface area contributed by atoms with Gasteiger partial charge >= 0.3 is 0 Å². The molecule has 1 aromatic heterocycles. The van der Waals surface area contributed by atoms with E-state index in [4.69, 9.17) is 11.6 Å². The van der Waals surface area contributed by atoms with Gasteiger partial charge in [-0.2, -0.15) is 0 Å². The Morgan fingerprint density at radius 3 is 2.45 bits per heavy atom. The maximum absolute atomic E-state index is 14.2. The first-order chi connectivity index (χ1) is 15.9. The third-order valence-electron chi connectivity index (χ3n) is 5.04. The van der Waals surface area contributed by atoms with Crippen LogP contribution in [0.2, 0.25) is 5.02 Å². The van der Waals surface area contributed by atoms with Crippen LogP contribution in [-0.2, 0) is 12.3 Å². The van der Waals surface area contributed by atoms with Crippen LogP contribution in [0.15, 0.2) is 78.0 Å². The standard InChI is InChI=1S/C25H20ClF2N3OS/c1-31(14-16-6-3-2-4-7-16)24(32)23-22(17-10-12-18(27)13-11-17)29-25(30-23)33-15-19-20(26)8-5-9-21(19)28/h2-13H,14-15H2,1H3,(H,29,30). The number of thioether (sulfide) groups is 1. The fourth-order valence-corrected chi connectivity index (χ4v) is 4.54. The summed E-state index contributed by atoms with van der Waals surface area (Å²) in [5.41, 5.74) is 2.63. The quantitative estimate of drug-likeness (QED) is 0.302. The second kappa shape index (κ2) is 10.2. The molecule has 0 radical (unpaired) electrons. The van der Waals surface area contributed by atoms with Crippen LogP contribution >= 0.6 is 23.4 Å². The van der Waals surface area contributed by atoms with Gasteiger partial charge in [0.05, 0.1) is 0 Å². The summed E-state index contributed by atoms with van der Waals surface area (Å²) >= 11 is 7.36. The summed E-state index contributed by atoms with van der Waals surface area (Å²) in [6, 6.07) is 19.9. The summed E-state index contributed by atoms with van der Waals surface area (Å²) < 4.78 is 27.6. The first-order valence-corrected chi connectivity index (χ1v) is 11.5. The molecule has 4 nitrogen and oxygen atoms in total. The summed E-state index contributed by atoms with van der Waals surface area (Å²) in [5.74, 6) is -0.817. The highest BCUT2D eigenvalue weighted by Gasteiger charge is 2.22. The second-order valence-electron chi connectivity index (χ2n) is 7.41. The zero-order valence-corrected chi connectivity index (χ0v) is 19.3. The van der Waals surface area contributed by atoms with Gasteiger partial charge in [-0.3, -0.25) is 4.79 Å². The molecule has 0 saturated carbocycles. The zero-order valence-electron chi connectivity index (χ0n) is 17.7. The van der Waals surface area contributed by atoms with Crippen molar-refractivity contribution < 1.29 is 13.6 Å². The van der Waals surface area contributed by atoms with Crippen molar-refractivity contribution in [2.45, 2.75) is 17.5 Å². The molecule has 3 aromatic carbocycles. The number of H-pyrrole nitrogens is 1. The number of hydrogen-bond acceptors (Lipinski definition) is 3. The molecule has 1 N–H and O–H groups in total. The third-order valence-corrected chi connectivity index (χ3v) is 6.29. The van der Waals surface area contributed by atoms with E-state index < -0.39 is 5.82 Å². The minimum Gasteiger partial charge on any atom is -0.336 e. The van der Waals surface area contributed by atoms with E-state index in [-0.39, 0.29) is 23.2 Å². The van der Waals surface area contributed by atoms with E-state index in [9.17, 15) is 13.6 Å². The fourth-order valence-electron chi connectivity index (χ4n) is 3.32. The van der Waals surface area contributed by atoms with Gasteiger partial charge in [-0.15, -0.1) is 0 Å². The van der Waals surface area contributed by atoms with E-state index in [1.807, 2.05) is 30.3 Å². The number of benzene rings is 3. The zero-order chi connectivity index (χ0) is 23.4. The van der Waals surface area contributed by atoms with Gasteiger partial charge in [0.25, 0.3) is 5.91 Å². The van der Waals surface area contributed by atoms with Crippen molar-refractivity contribution in [3.63, 3.8) is 0 Å². The molecule has 0 fully saturated rings. The number of nitrogens with zero attached hydrogens (tertiary/aromatic N) is 2. The van der Waals surface area contributed by atoms with Crippen molar-refractivity contribution in [1.82, 2.24) is 14.9 Å². The molecule has 0 saturated heterocycles. The Labute approximate surface area is 199 Å². The van der Waals surface area contributed by atoms with Crippen LogP contribution in [0, 0.1) is 11.6 Å². The number of hydrogen-bond donors (Lipinski definition) is 1. The maximum atomic E-state index is 14.2. The van der Waals surface area contributed by atoms with Crippen molar-refractivity contribution in [2.24, 2.45) is 0 Å². The number of rotatable bonds is 7. The minimum atomic E-state index is -0.404. The Kier molecular flexibility index (Phi) is 7.11. The molecule has 33 heavy (non-hydrogen) atoms. The summed E-state index contributed by atoms with van der Waals surface area (Å²) in [7, 11) is 1.70. The number of imidazole rings is 1. The smallest absolute Gasteiger partial charge is 0.272 e.